The van der Waals surface area contributed by atoms with E-state index in [0.717, 1.165) is 22.8 Å². The number of fused-ring (bicyclic) bond motifs is 1. The number of nitrogens with zero attached hydrogens (tertiary/aromatic N) is 1. The molecule has 0 aromatic heterocycles. The van der Waals surface area contributed by atoms with Crippen molar-refractivity contribution in [1.29, 1.82) is 0 Å². The molecule has 6 nitrogen and oxygen atoms in total. The van der Waals surface area contributed by atoms with E-state index >= 15 is 0 Å². The lowest BCUT2D eigenvalue weighted by Gasteiger charge is -2.19. The summed E-state index contributed by atoms with van der Waals surface area (Å²) in [6, 6.07) is 16.6. The van der Waals surface area contributed by atoms with Crippen LogP contribution in [0.15, 0.2) is 65.6 Å². The Labute approximate surface area is 212 Å². The Kier molecular flexibility index (Phi) is 7.09. The number of carbonyl (C=O) groups excluding carboxylic acids is 1. The minimum Gasteiger partial charge on any atom is -0.492 e. The van der Waals surface area contributed by atoms with Gasteiger partial charge in [0.15, 0.2) is 0 Å². The predicted octanol–water partition coefficient (Wildman–Crippen LogP) is 5.41. The standard InChI is InChI=1S/C28H31FN2O4S/c1-5-35-26-16-23(29)11-13-25(26)30-36(33,34)24-12-8-20-17-31(18-21(20)15-24)27(32)14-19-6-9-22(10-7-19)28(2,3)4/h6-13,15-16,30H,5,14,17-18H2,1-4H3. The Morgan fingerprint density at radius 2 is 1.69 bits per heavy atom. The fourth-order valence-corrected chi connectivity index (χ4v) is 5.30. The molecule has 3 aromatic rings. The molecule has 3 aromatic carbocycles. The van der Waals surface area contributed by atoms with Gasteiger partial charge in [0.05, 0.1) is 23.6 Å². The van der Waals surface area contributed by atoms with E-state index in [1.54, 1.807) is 24.0 Å². The van der Waals surface area contributed by atoms with Crippen LogP contribution in [0.5, 0.6) is 5.75 Å². The molecule has 0 aliphatic carbocycles. The van der Waals surface area contributed by atoms with E-state index in [1.807, 2.05) is 12.1 Å². The van der Waals surface area contributed by atoms with Crippen molar-refractivity contribution in [2.75, 3.05) is 11.3 Å². The first kappa shape index (κ1) is 25.7. The van der Waals surface area contributed by atoms with Crippen LogP contribution in [0.3, 0.4) is 0 Å². The van der Waals surface area contributed by atoms with E-state index in [4.69, 9.17) is 4.74 Å². The van der Waals surface area contributed by atoms with Crippen LogP contribution in [0.1, 0.15) is 49.9 Å². The molecule has 1 heterocycles. The summed E-state index contributed by atoms with van der Waals surface area (Å²) in [6.07, 6.45) is 0.288. The molecule has 0 fully saturated rings. The Bertz CT molecular complexity index is 1380. The average Bonchev–Trinajstić information content (AvgIpc) is 3.24. The van der Waals surface area contributed by atoms with E-state index in [1.165, 1.54) is 23.8 Å². The summed E-state index contributed by atoms with van der Waals surface area (Å²) >= 11 is 0. The summed E-state index contributed by atoms with van der Waals surface area (Å²) in [6.45, 7) is 9.23. The molecule has 0 bridgehead atoms. The monoisotopic (exact) mass is 510 g/mol. The van der Waals surface area contributed by atoms with Gasteiger partial charge in [-0.3, -0.25) is 9.52 Å². The summed E-state index contributed by atoms with van der Waals surface area (Å²) in [4.78, 5) is 14.8. The van der Waals surface area contributed by atoms with E-state index in [2.05, 4.69) is 37.6 Å². The molecule has 8 heteroatoms. The van der Waals surface area contributed by atoms with Gasteiger partial charge in [-0.2, -0.15) is 0 Å². The van der Waals surface area contributed by atoms with Crippen LogP contribution in [-0.2, 0) is 39.7 Å². The molecule has 0 unspecified atom stereocenters. The smallest absolute Gasteiger partial charge is 0.262 e. The lowest BCUT2D eigenvalue weighted by molar-refractivity contribution is -0.131. The van der Waals surface area contributed by atoms with Gasteiger partial charge in [0, 0.05) is 19.2 Å². The second-order valence-corrected chi connectivity index (χ2v) is 11.7. The van der Waals surface area contributed by atoms with Crippen molar-refractivity contribution in [2.45, 2.75) is 57.5 Å². The van der Waals surface area contributed by atoms with Crippen molar-refractivity contribution in [3.8, 4) is 5.75 Å². The van der Waals surface area contributed by atoms with Gasteiger partial charge in [-0.25, -0.2) is 12.8 Å². The second-order valence-electron chi connectivity index (χ2n) is 9.98. The van der Waals surface area contributed by atoms with Crippen LogP contribution in [0.4, 0.5) is 10.1 Å². The summed E-state index contributed by atoms with van der Waals surface area (Å²) < 4.78 is 47.6. The lowest BCUT2D eigenvalue weighted by atomic mass is 9.86. The number of nitrogens with one attached hydrogen (secondary N) is 1. The van der Waals surface area contributed by atoms with Gasteiger partial charge in [-0.15, -0.1) is 0 Å². The largest absolute Gasteiger partial charge is 0.492 e. The maximum atomic E-state index is 13.6. The number of anilines is 1. The Hall–Kier alpha value is -3.39. The van der Waals surface area contributed by atoms with E-state index < -0.39 is 15.8 Å². The first-order valence-electron chi connectivity index (χ1n) is 11.9. The fraction of sp³-hybridized carbons (Fsp3) is 0.321. The van der Waals surface area contributed by atoms with Gasteiger partial charge in [0.2, 0.25) is 5.91 Å². The van der Waals surface area contributed by atoms with Gasteiger partial charge < -0.3 is 9.64 Å². The molecule has 0 saturated carbocycles. The number of sulfonamides is 1. The maximum absolute atomic E-state index is 13.6. The first-order chi connectivity index (χ1) is 17.0. The van der Waals surface area contributed by atoms with E-state index in [9.17, 15) is 17.6 Å². The van der Waals surface area contributed by atoms with Crippen LogP contribution < -0.4 is 9.46 Å². The van der Waals surface area contributed by atoms with Crippen LogP contribution >= 0.6 is 0 Å². The summed E-state index contributed by atoms with van der Waals surface area (Å²) in [5.41, 5.74) is 4.07. The Morgan fingerprint density at radius 3 is 2.36 bits per heavy atom. The van der Waals surface area contributed by atoms with Crippen molar-refractivity contribution >= 4 is 21.6 Å². The van der Waals surface area contributed by atoms with Crippen molar-refractivity contribution in [2.24, 2.45) is 0 Å². The van der Waals surface area contributed by atoms with E-state index in [-0.39, 0.29) is 40.7 Å². The predicted molar refractivity (Wildman–Crippen MR) is 138 cm³/mol. The third-order valence-corrected chi connectivity index (χ3v) is 7.59. The molecule has 1 N–H and O–H groups in total. The van der Waals surface area contributed by atoms with Gasteiger partial charge >= 0.3 is 0 Å². The number of ether oxygens (including phenoxy) is 1. The summed E-state index contributed by atoms with van der Waals surface area (Å²) in [5.74, 6) is -0.409. The van der Waals surface area contributed by atoms with Crippen molar-refractivity contribution in [1.82, 2.24) is 4.90 Å². The van der Waals surface area contributed by atoms with Gasteiger partial charge in [0.25, 0.3) is 10.0 Å². The maximum Gasteiger partial charge on any atom is 0.262 e. The van der Waals surface area contributed by atoms with Gasteiger partial charge in [-0.05, 0) is 58.9 Å². The molecular formula is C28H31FN2O4S. The molecular weight excluding hydrogens is 479 g/mol. The van der Waals surface area contributed by atoms with Crippen molar-refractivity contribution < 1.29 is 22.3 Å². The highest BCUT2D eigenvalue weighted by molar-refractivity contribution is 7.92. The molecule has 36 heavy (non-hydrogen) atoms. The molecule has 4 rings (SSSR count). The molecule has 0 saturated heterocycles. The molecule has 1 amide bonds. The molecule has 1 aliphatic heterocycles. The minimum atomic E-state index is -3.95. The molecule has 0 spiro atoms. The summed E-state index contributed by atoms with van der Waals surface area (Å²) in [5, 5.41) is 0. The SMILES string of the molecule is CCOc1cc(F)ccc1NS(=O)(=O)c1ccc2c(c1)CN(C(=O)Cc1ccc(C(C)(C)C)cc1)C2. The Morgan fingerprint density at radius 1 is 1.00 bits per heavy atom. The number of amides is 1. The molecule has 190 valence electrons. The number of hydrogen-bond donors (Lipinski definition) is 1. The number of rotatable bonds is 7. The van der Waals surface area contributed by atoms with Crippen LogP contribution in [0.2, 0.25) is 0 Å². The third-order valence-electron chi connectivity index (χ3n) is 6.23. The van der Waals surface area contributed by atoms with Gasteiger partial charge in [0.1, 0.15) is 11.6 Å². The minimum absolute atomic E-state index is 0.00934. The van der Waals surface area contributed by atoms with Crippen molar-refractivity contribution in [3.05, 3.63) is 88.7 Å². The zero-order valence-corrected chi connectivity index (χ0v) is 21.8. The third kappa shape index (κ3) is 5.70. The highest BCUT2D eigenvalue weighted by atomic mass is 32.2. The zero-order chi connectivity index (χ0) is 26.1. The topological polar surface area (TPSA) is 75.7 Å². The summed E-state index contributed by atoms with van der Waals surface area (Å²) in [7, 11) is -3.95. The van der Waals surface area contributed by atoms with E-state index in [0.29, 0.717) is 13.1 Å². The lowest BCUT2D eigenvalue weighted by Crippen LogP contribution is -2.26. The quantitative estimate of drug-likeness (QED) is 0.461. The number of benzene rings is 3. The normalized spacial score (nSPS) is 13.4. The molecule has 1 aliphatic rings. The highest BCUT2D eigenvalue weighted by Crippen LogP contribution is 2.31. The number of carbonyl (C=O) groups is 1. The number of hydrogen-bond acceptors (Lipinski definition) is 4. The fourth-order valence-electron chi connectivity index (χ4n) is 4.18. The van der Waals surface area contributed by atoms with Crippen LogP contribution in [0.25, 0.3) is 0 Å². The molecule has 0 atom stereocenters. The van der Waals surface area contributed by atoms with Gasteiger partial charge in [-0.1, -0.05) is 51.1 Å². The molecule has 0 radical (unpaired) electrons. The van der Waals surface area contributed by atoms with Crippen LogP contribution in [0, 0.1) is 5.82 Å². The average molecular weight is 511 g/mol. The Balaban J connectivity index is 1.46. The van der Waals surface area contributed by atoms with Crippen molar-refractivity contribution in [3.63, 3.8) is 0 Å². The van der Waals surface area contributed by atoms with Crippen LogP contribution in [-0.4, -0.2) is 25.8 Å². The highest BCUT2D eigenvalue weighted by Gasteiger charge is 2.26. The zero-order valence-electron chi connectivity index (χ0n) is 21.0. The first-order valence-corrected chi connectivity index (χ1v) is 13.4. The number of halogens is 1. The second kappa shape index (κ2) is 9.93.